The monoisotopic (exact) mass is 806 g/mol. The van der Waals surface area contributed by atoms with E-state index < -0.39 is 35.8 Å². The number of imidazole rings is 2. The van der Waals surface area contributed by atoms with Crippen LogP contribution in [0.3, 0.4) is 0 Å². The first-order valence-corrected chi connectivity index (χ1v) is 19.8. The number of alkyl carbamates (subject to hydrolysis) is 2. The van der Waals surface area contributed by atoms with E-state index in [0.717, 1.165) is 52.7 Å². The molecule has 4 amide bonds. The summed E-state index contributed by atoms with van der Waals surface area (Å²) >= 11 is 0. The van der Waals surface area contributed by atoms with Gasteiger partial charge in [0.25, 0.3) is 0 Å². The average molecular weight is 807 g/mol. The Morgan fingerprint density at radius 1 is 0.763 bits per heavy atom. The number of nitrogens with zero attached hydrogens (tertiary/aromatic N) is 6. The van der Waals surface area contributed by atoms with E-state index in [1.54, 1.807) is 28.4 Å². The van der Waals surface area contributed by atoms with Crippen molar-refractivity contribution in [2.75, 3.05) is 27.3 Å². The Kier molecular flexibility index (Phi) is 11.7. The van der Waals surface area contributed by atoms with Crippen LogP contribution in [0.15, 0.2) is 61.1 Å². The minimum absolute atomic E-state index is 0.119. The van der Waals surface area contributed by atoms with Crippen LogP contribution in [0.2, 0.25) is 0 Å². The van der Waals surface area contributed by atoms with Gasteiger partial charge in [-0.2, -0.15) is 0 Å². The van der Waals surface area contributed by atoms with Gasteiger partial charge < -0.3 is 45.0 Å². The third-order valence-corrected chi connectivity index (χ3v) is 11.0. The number of carbonyl (C=O) groups excluding carboxylic acids is 4. The summed E-state index contributed by atoms with van der Waals surface area (Å²) in [6.45, 7) is 7.75. The smallest absolute Gasteiger partial charge is 0.407 e. The molecule has 17 heteroatoms. The summed E-state index contributed by atoms with van der Waals surface area (Å²) in [5.41, 5.74) is 4.81. The van der Waals surface area contributed by atoms with Gasteiger partial charge in [0, 0.05) is 24.2 Å². The number of ether oxygens (including phenoxy) is 2. The van der Waals surface area contributed by atoms with Gasteiger partial charge in [0.15, 0.2) is 0 Å². The molecule has 0 unspecified atom stereocenters. The fourth-order valence-electron chi connectivity index (χ4n) is 7.84. The summed E-state index contributed by atoms with van der Waals surface area (Å²) in [6.07, 6.45) is 6.80. The molecule has 5 aromatic rings. The molecule has 59 heavy (non-hydrogen) atoms. The van der Waals surface area contributed by atoms with Crippen molar-refractivity contribution < 1.29 is 33.8 Å². The molecule has 3 aromatic heterocycles. The van der Waals surface area contributed by atoms with E-state index >= 15 is 0 Å². The highest BCUT2D eigenvalue weighted by Crippen LogP contribution is 2.35. The number of aromatic nitrogens is 6. The molecule has 5 heterocycles. The third kappa shape index (κ3) is 8.60. The Morgan fingerprint density at radius 2 is 1.34 bits per heavy atom. The quantitative estimate of drug-likeness (QED) is 0.116. The first kappa shape index (κ1) is 40.8. The lowest BCUT2D eigenvalue weighted by atomic mass is 9.97. The largest absolute Gasteiger partial charge is 0.453 e. The molecule has 310 valence electrons. The second-order valence-electron chi connectivity index (χ2n) is 15.9. The lowest BCUT2D eigenvalue weighted by Gasteiger charge is -2.34. The summed E-state index contributed by atoms with van der Waals surface area (Å²) in [5.74, 6) is 0.622. The zero-order chi connectivity index (χ0) is 42.0. The van der Waals surface area contributed by atoms with E-state index in [1.165, 1.54) is 28.1 Å². The van der Waals surface area contributed by atoms with Gasteiger partial charge in [-0.15, -0.1) is 0 Å². The van der Waals surface area contributed by atoms with Crippen LogP contribution in [0.4, 0.5) is 9.59 Å². The Hall–Kier alpha value is -6.36. The van der Waals surface area contributed by atoms with E-state index in [2.05, 4.69) is 25.6 Å². The first-order valence-electron chi connectivity index (χ1n) is 19.8. The number of methoxy groups -OCH3 is 2. The number of aromatic amines is 2. The maximum Gasteiger partial charge on any atom is 0.407 e. The van der Waals surface area contributed by atoms with E-state index in [-0.39, 0.29) is 23.9 Å². The van der Waals surface area contributed by atoms with Crippen LogP contribution in [0, 0.1) is 5.92 Å². The number of aliphatic hydroxyl groups is 1. The van der Waals surface area contributed by atoms with Crippen LogP contribution in [0.5, 0.6) is 0 Å². The summed E-state index contributed by atoms with van der Waals surface area (Å²) in [7, 11) is 2.49. The number of hydrogen-bond acceptors (Lipinski definition) is 11. The number of carbonyl (C=O) groups is 4. The summed E-state index contributed by atoms with van der Waals surface area (Å²) in [4.78, 5) is 80.3. The molecule has 2 aromatic carbocycles. The maximum absolute atomic E-state index is 13.6. The fraction of sp³-hybridized carbons (Fsp3) is 0.429. The van der Waals surface area contributed by atoms with Crippen molar-refractivity contribution in [3.05, 3.63) is 72.7 Å². The van der Waals surface area contributed by atoms with E-state index in [0.29, 0.717) is 42.5 Å². The highest BCUT2D eigenvalue weighted by atomic mass is 16.5. The highest BCUT2D eigenvalue weighted by molar-refractivity contribution is 5.88. The zero-order valence-electron chi connectivity index (χ0n) is 34.0. The van der Waals surface area contributed by atoms with Crippen molar-refractivity contribution in [3.8, 4) is 33.8 Å². The number of H-pyrrole nitrogens is 2. The molecule has 2 aliphatic heterocycles. The molecule has 17 nitrogen and oxygen atoms in total. The lowest BCUT2D eigenvalue weighted by Crippen LogP contribution is -2.58. The first-order chi connectivity index (χ1) is 28.2. The predicted molar refractivity (Wildman–Crippen MR) is 217 cm³/mol. The van der Waals surface area contributed by atoms with Crippen molar-refractivity contribution in [2.45, 2.75) is 83.1 Å². The second kappa shape index (κ2) is 16.9. The molecule has 0 saturated carbocycles. The molecular formula is C42H50N10O7. The fourth-order valence-corrected chi connectivity index (χ4v) is 7.84. The number of hydrogen-bond donors (Lipinski definition) is 5. The SMILES string of the molecule is COC(=O)N[C@H](C(=O)N1CCC[C@H]1c1ncc(-c2ccc(-c3cnc(-c4ccc5nc([C@@H]6CCCN6C(=O)[C@@H](NC(=O)OC)C(C)(C)O)[nH]c5c4)cn3)cc2)[nH]1)C(C)C. The molecule has 0 spiro atoms. The number of likely N-dealkylation sites (tertiary alicyclic amines) is 2. The normalized spacial score (nSPS) is 17.9. The van der Waals surface area contributed by atoms with E-state index in [1.807, 2.05) is 56.3 Å². The van der Waals surface area contributed by atoms with Crippen molar-refractivity contribution >= 4 is 35.0 Å². The highest BCUT2D eigenvalue weighted by Gasteiger charge is 2.42. The van der Waals surface area contributed by atoms with E-state index in [4.69, 9.17) is 24.4 Å². The van der Waals surface area contributed by atoms with E-state index in [9.17, 15) is 24.3 Å². The number of fused-ring (bicyclic) bond motifs is 1. The molecule has 2 saturated heterocycles. The topological polar surface area (TPSA) is 221 Å². The van der Waals surface area contributed by atoms with Gasteiger partial charge in [0.05, 0.1) is 78.6 Å². The van der Waals surface area contributed by atoms with Crippen LogP contribution >= 0.6 is 0 Å². The van der Waals surface area contributed by atoms with Crippen molar-refractivity contribution in [3.63, 3.8) is 0 Å². The zero-order valence-corrected chi connectivity index (χ0v) is 34.0. The van der Waals surface area contributed by atoms with Gasteiger partial charge in [0.1, 0.15) is 23.7 Å². The van der Waals surface area contributed by atoms with Crippen LogP contribution in [0.25, 0.3) is 44.8 Å². The number of nitrogens with one attached hydrogen (secondary N) is 4. The van der Waals surface area contributed by atoms with Crippen LogP contribution in [0.1, 0.15) is 77.1 Å². The van der Waals surface area contributed by atoms with Gasteiger partial charge in [0.2, 0.25) is 11.8 Å². The van der Waals surface area contributed by atoms with Gasteiger partial charge >= 0.3 is 12.2 Å². The van der Waals surface area contributed by atoms with Crippen molar-refractivity contribution in [1.82, 2.24) is 50.3 Å². The van der Waals surface area contributed by atoms with Crippen molar-refractivity contribution in [2.24, 2.45) is 5.92 Å². The lowest BCUT2D eigenvalue weighted by molar-refractivity contribution is -0.140. The number of rotatable bonds is 11. The van der Waals surface area contributed by atoms with Gasteiger partial charge in [-0.05, 0) is 63.1 Å². The summed E-state index contributed by atoms with van der Waals surface area (Å²) in [6, 6.07) is 11.2. The molecule has 2 fully saturated rings. The molecule has 0 bridgehead atoms. The molecular weight excluding hydrogens is 757 g/mol. The predicted octanol–water partition coefficient (Wildman–Crippen LogP) is 5.28. The second-order valence-corrected chi connectivity index (χ2v) is 15.9. The molecule has 4 atom stereocenters. The van der Waals surface area contributed by atoms with Crippen LogP contribution in [-0.2, 0) is 19.1 Å². The number of benzene rings is 2. The summed E-state index contributed by atoms with van der Waals surface area (Å²) < 4.78 is 9.44. The average Bonchev–Trinajstić information content (AvgIpc) is 4.07. The Labute approximate surface area is 341 Å². The van der Waals surface area contributed by atoms with Crippen LogP contribution in [-0.4, -0.2) is 114 Å². The Balaban J connectivity index is 1.02. The van der Waals surface area contributed by atoms with Gasteiger partial charge in [-0.25, -0.2) is 19.6 Å². The summed E-state index contributed by atoms with van der Waals surface area (Å²) in [5, 5.41) is 15.9. The maximum atomic E-state index is 13.6. The minimum atomic E-state index is -1.53. The van der Waals surface area contributed by atoms with Crippen LogP contribution < -0.4 is 10.6 Å². The van der Waals surface area contributed by atoms with Gasteiger partial charge in [-0.3, -0.25) is 19.6 Å². The Bertz CT molecular complexity index is 2320. The molecule has 0 aliphatic carbocycles. The van der Waals surface area contributed by atoms with Gasteiger partial charge in [-0.1, -0.05) is 44.2 Å². The Morgan fingerprint density at radius 3 is 1.95 bits per heavy atom. The number of amides is 4. The standard InChI is InChI=1S/C42H50N10O7/c1-23(2)34(49-40(55)58-5)38(53)51-17-7-9-32(51)36-45-22-31(48-36)25-13-11-24(12-14-25)29-20-44-30(21-43-29)26-15-16-27-28(19-26)47-37(46-27)33-10-8-18-52(33)39(54)35(42(3,4)57)50-41(56)59-6/h11-16,19-23,32-35,57H,7-10,17-18H2,1-6H3,(H,45,48)(H,46,47)(H,49,55)(H,50,56)/t32-,33-,34-,35+/m0/s1. The molecule has 5 N–H and O–H groups in total. The minimum Gasteiger partial charge on any atom is -0.453 e. The molecule has 0 radical (unpaired) electrons. The molecule has 2 aliphatic rings. The van der Waals surface area contributed by atoms with Crippen molar-refractivity contribution in [1.29, 1.82) is 0 Å². The molecule has 7 rings (SSSR count). The third-order valence-electron chi connectivity index (χ3n) is 11.0.